The first-order valence-electron chi connectivity index (χ1n) is 10.1. The van der Waals surface area contributed by atoms with Gasteiger partial charge in [0.1, 0.15) is 12.1 Å². The molecule has 0 bridgehead atoms. The summed E-state index contributed by atoms with van der Waals surface area (Å²) in [4.78, 5) is 33.2. The van der Waals surface area contributed by atoms with Crippen molar-refractivity contribution in [3.05, 3.63) is 70.4 Å². The number of benzene rings is 2. The molecule has 0 spiro atoms. The highest BCUT2D eigenvalue weighted by molar-refractivity contribution is 6.30. The molecule has 2 atom stereocenters. The van der Waals surface area contributed by atoms with Crippen LogP contribution in [0.25, 0.3) is 10.9 Å². The molecule has 3 heterocycles. The van der Waals surface area contributed by atoms with Gasteiger partial charge in [-0.05, 0) is 35.7 Å². The van der Waals surface area contributed by atoms with Crippen molar-refractivity contribution >= 4 is 34.4 Å². The largest absolute Gasteiger partial charge is 0.356 e. The number of hydrogen-bond donors (Lipinski definition) is 1. The minimum absolute atomic E-state index is 0.0913. The van der Waals surface area contributed by atoms with Crippen LogP contribution in [0.5, 0.6) is 0 Å². The van der Waals surface area contributed by atoms with Gasteiger partial charge in [-0.2, -0.15) is 0 Å². The van der Waals surface area contributed by atoms with Crippen molar-refractivity contribution in [3.8, 4) is 0 Å². The number of halogens is 1. The number of carbonyl (C=O) groups excluding carboxylic acids is 2. The van der Waals surface area contributed by atoms with Gasteiger partial charge in [0.25, 0.3) is 5.91 Å². The van der Waals surface area contributed by atoms with E-state index in [2.05, 4.69) is 18.0 Å². The van der Waals surface area contributed by atoms with Crippen LogP contribution in [0.15, 0.2) is 48.5 Å². The molecule has 3 aromatic rings. The molecule has 0 saturated carbocycles. The maximum Gasteiger partial charge on any atom is 0.328 e. The van der Waals surface area contributed by atoms with Gasteiger partial charge in [0.05, 0.1) is 0 Å². The van der Waals surface area contributed by atoms with Crippen molar-refractivity contribution in [2.45, 2.75) is 38.3 Å². The molecule has 29 heavy (non-hydrogen) atoms. The van der Waals surface area contributed by atoms with Gasteiger partial charge >= 0.3 is 6.03 Å². The number of H-pyrrole nitrogens is 1. The molecule has 5 rings (SSSR count). The van der Waals surface area contributed by atoms with Crippen molar-refractivity contribution in [2.75, 3.05) is 6.54 Å². The number of nitrogens with one attached hydrogen (secondary N) is 1. The van der Waals surface area contributed by atoms with Crippen LogP contribution >= 0.6 is 11.6 Å². The van der Waals surface area contributed by atoms with Crippen molar-refractivity contribution in [3.63, 3.8) is 0 Å². The van der Waals surface area contributed by atoms with Gasteiger partial charge in [0.15, 0.2) is 0 Å². The van der Waals surface area contributed by atoms with Crippen LogP contribution in [0.2, 0.25) is 5.02 Å². The summed E-state index contributed by atoms with van der Waals surface area (Å²) >= 11 is 6.28. The third-order valence-electron chi connectivity index (χ3n) is 6.03. The fourth-order valence-electron chi connectivity index (χ4n) is 4.67. The molecule has 6 heteroatoms. The summed E-state index contributed by atoms with van der Waals surface area (Å²) in [5.41, 5.74) is 4.02. The van der Waals surface area contributed by atoms with E-state index in [0.717, 1.165) is 40.6 Å². The molecule has 0 aliphatic carbocycles. The Balaban J connectivity index is 1.69. The summed E-state index contributed by atoms with van der Waals surface area (Å²) in [6.07, 6.45) is 2.28. The van der Waals surface area contributed by atoms with Gasteiger partial charge in [-0.3, -0.25) is 14.6 Å². The molecule has 1 N–H and O–H groups in total. The van der Waals surface area contributed by atoms with Gasteiger partial charge in [-0.1, -0.05) is 55.3 Å². The summed E-state index contributed by atoms with van der Waals surface area (Å²) in [5.74, 6) is -0.0913. The summed E-state index contributed by atoms with van der Waals surface area (Å²) in [6, 6.07) is 14.6. The molecule has 2 aromatic carbocycles. The molecule has 3 amide bonds. The quantitative estimate of drug-likeness (QED) is 0.625. The minimum atomic E-state index is -0.477. The van der Waals surface area contributed by atoms with E-state index in [9.17, 15) is 9.59 Å². The smallest absolute Gasteiger partial charge is 0.328 e. The first kappa shape index (κ1) is 18.3. The SMILES string of the molecule is CCCCN1C(=O)C2Cc3c([nH]c4ccccc34)C(c3cccc(Cl)c3)N2C1=O. The third-order valence-corrected chi connectivity index (χ3v) is 6.27. The van der Waals surface area contributed by atoms with E-state index < -0.39 is 6.04 Å². The van der Waals surface area contributed by atoms with Crippen LogP contribution in [0.3, 0.4) is 0 Å². The van der Waals surface area contributed by atoms with E-state index in [4.69, 9.17) is 11.6 Å². The predicted octanol–water partition coefficient (Wildman–Crippen LogP) is 4.90. The zero-order valence-corrected chi connectivity index (χ0v) is 16.9. The van der Waals surface area contributed by atoms with Crippen LogP contribution in [0, 0.1) is 0 Å². The van der Waals surface area contributed by atoms with Gasteiger partial charge < -0.3 is 4.98 Å². The molecule has 1 saturated heterocycles. The lowest BCUT2D eigenvalue weighted by atomic mass is 9.89. The Hall–Kier alpha value is -2.79. The second-order valence-electron chi connectivity index (χ2n) is 7.77. The summed E-state index contributed by atoms with van der Waals surface area (Å²) in [6.45, 7) is 2.53. The minimum Gasteiger partial charge on any atom is -0.356 e. The van der Waals surface area contributed by atoms with E-state index in [0.29, 0.717) is 18.0 Å². The first-order valence-corrected chi connectivity index (χ1v) is 10.5. The number of nitrogens with zero attached hydrogens (tertiary/aromatic N) is 2. The number of aromatic amines is 1. The zero-order chi connectivity index (χ0) is 20.1. The van der Waals surface area contributed by atoms with Gasteiger partial charge in [-0.15, -0.1) is 0 Å². The number of rotatable bonds is 4. The number of aromatic nitrogens is 1. The van der Waals surface area contributed by atoms with Crippen molar-refractivity contribution in [1.82, 2.24) is 14.8 Å². The normalized spacial score (nSPS) is 21.0. The number of fused-ring (bicyclic) bond motifs is 4. The van der Waals surface area contributed by atoms with Gasteiger partial charge in [-0.25, -0.2) is 4.79 Å². The van der Waals surface area contributed by atoms with Gasteiger partial charge in [0, 0.05) is 34.6 Å². The Kier molecular flexibility index (Phi) is 4.36. The maximum absolute atomic E-state index is 13.3. The lowest BCUT2D eigenvalue weighted by Crippen LogP contribution is -2.44. The second kappa shape index (κ2) is 6.92. The lowest BCUT2D eigenvalue weighted by Gasteiger charge is -2.36. The van der Waals surface area contributed by atoms with E-state index in [1.54, 1.807) is 4.90 Å². The van der Waals surface area contributed by atoms with E-state index >= 15 is 0 Å². The van der Waals surface area contributed by atoms with E-state index in [1.807, 2.05) is 42.5 Å². The number of para-hydroxylation sites is 1. The average Bonchev–Trinajstić information content (AvgIpc) is 3.20. The summed E-state index contributed by atoms with van der Waals surface area (Å²) in [7, 11) is 0. The van der Waals surface area contributed by atoms with E-state index in [-0.39, 0.29) is 18.0 Å². The Morgan fingerprint density at radius 2 is 1.97 bits per heavy atom. The number of hydrogen-bond acceptors (Lipinski definition) is 2. The zero-order valence-electron chi connectivity index (χ0n) is 16.2. The van der Waals surface area contributed by atoms with E-state index in [1.165, 1.54) is 4.90 Å². The Morgan fingerprint density at radius 3 is 2.76 bits per heavy atom. The molecule has 2 unspecified atom stereocenters. The number of urea groups is 1. The molecule has 148 valence electrons. The monoisotopic (exact) mass is 407 g/mol. The Labute approximate surface area is 174 Å². The lowest BCUT2D eigenvalue weighted by molar-refractivity contribution is -0.128. The average molecular weight is 408 g/mol. The van der Waals surface area contributed by atoms with Crippen LogP contribution in [0.1, 0.15) is 42.6 Å². The molecule has 0 radical (unpaired) electrons. The fourth-order valence-corrected chi connectivity index (χ4v) is 4.87. The van der Waals surface area contributed by atoms with Crippen LogP contribution < -0.4 is 0 Å². The van der Waals surface area contributed by atoms with Crippen molar-refractivity contribution < 1.29 is 9.59 Å². The number of carbonyl (C=O) groups is 2. The van der Waals surface area contributed by atoms with Crippen LogP contribution in [0.4, 0.5) is 4.79 Å². The maximum atomic E-state index is 13.3. The predicted molar refractivity (Wildman–Crippen MR) is 113 cm³/mol. The highest BCUT2D eigenvalue weighted by Gasteiger charge is 2.52. The van der Waals surface area contributed by atoms with Crippen LogP contribution in [-0.4, -0.2) is 39.3 Å². The topological polar surface area (TPSA) is 56.4 Å². The molecule has 1 fully saturated rings. The molecular weight excluding hydrogens is 386 g/mol. The first-order chi connectivity index (χ1) is 14.1. The van der Waals surface area contributed by atoms with Crippen molar-refractivity contribution in [1.29, 1.82) is 0 Å². The third kappa shape index (κ3) is 2.76. The highest BCUT2D eigenvalue weighted by Crippen LogP contribution is 2.44. The summed E-state index contributed by atoms with van der Waals surface area (Å²) < 4.78 is 0. The highest BCUT2D eigenvalue weighted by atomic mass is 35.5. The second-order valence-corrected chi connectivity index (χ2v) is 8.21. The number of imide groups is 1. The Bertz CT molecular complexity index is 1120. The fraction of sp³-hybridized carbons (Fsp3) is 0.304. The molecule has 1 aromatic heterocycles. The van der Waals surface area contributed by atoms with Crippen molar-refractivity contribution in [2.24, 2.45) is 0 Å². The summed E-state index contributed by atoms with van der Waals surface area (Å²) in [5, 5.41) is 1.73. The Morgan fingerprint density at radius 1 is 1.14 bits per heavy atom. The number of amides is 3. The number of unbranched alkanes of at least 4 members (excludes halogenated alkanes) is 1. The van der Waals surface area contributed by atoms with Gasteiger partial charge in [0.2, 0.25) is 0 Å². The van der Waals surface area contributed by atoms with Crippen LogP contribution in [-0.2, 0) is 11.2 Å². The molecular formula is C23H22ClN3O2. The molecule has 2 aliphatic rings. The molecule has 5 nitrogen and oxygen atoms in total. The standard InChI is InChI=1S/C23H22ClN3O2/c1-2-3-11-26-22(28)19-13-17-16-9-4-5-10-18(16)25-20(17)21(27(19)23(26)29)14-7-6-8-15(24)12-14/h4-10,12,19,21,25H,2-3,11,13H2,1H3. The molecule has 2 aliphatic heterocycles.